The second-order valence-electron chi connectivity index (χ2n) is 7.34. The number of carbonyl (C=O) groups excluding carboxylic acids is 2. The fraction of sp³-hybridized carbons (Fsp3) is 0.579. The largest absolute Gasteiger partial charge is 0.368 e. The molecule has 1 unspecified atom stereocenters. The number of hydrogen-bond acceptors (Lipinski definition) is 4. The summed E-state index contributed by atoms with van der Waals surface area (Å²) in [5.74, 6) is 0.0645. The van der Waals surface area contributed by atoms with Gasteiger partial charge in [0.1, 0.15) is 0 Å². The van der Waals surface area contributed by atoms with Gasteiger partial charge in [0.2, 0.25) is 11.8 Å². The lowest BCUT2D eigenvalue weighted by atomic mass is 10.00. The molecule has 1 aliphatic heterocycles. The predicted molar refractivity (Wildman–Crippen MR) is 112 cm³/mol. The van der Waals surface area contributed by atoms with E-state index < -0.39 is 0 Å². The van der Waals surface area contributed by atoms with Crippen molar-refractivity contribution in [2.24, 2.45) is 17.4 Å². The molecule has 27 heavy (non-hydrogen) atoms. The van der Waals surface area contributed by atoms with Gasteiger partial charge < -0.3 is 16.8 Å². The fourth-order valence-corrected chi connectivity index (χ4v) is 4.09. The number of hydrogen-bond donors (Lipinski definition) is 3. The summed E-state index contributed by atoms with van der Waals surface area (Å²) in [4.78, 5) is 25.9. The minimum Gasteiger partial charge on any atom is -0.368 e. The summed E-state index contributed by atoms with van der Waals surface area (Å²) >= 11 is 0. The van der Waals surface area contributed by atoms with E-state index >= 15 is 0 Å². The summed E-state index contributed by atoms with van der Waals surface area (Å²) in [6, 6.07) is 7.79. The molecular weight excluding hydrogens is 387 g/mol. The number of benzene rings is 1. The number of amides is 2. The predicted octanol–water partition coefficient (Wildman–Crippen LogP) is 2.44. The SMILES string of the molecule is Cl.Cl.NC(=O)C1CCCN1Cc1cccc(NC(=O)C[C@@H]2CCC[C@H]2N)c1. The molecule has 2 aliphatic rings. The third-order valence-corrected chi connectivity index (χ3v) is 5.45. The van der Waals surface area contributed by atoms with Crippen LogP contribution in [0.4, 0.5) is 5.69 Å². The average molecular weight is 417 g/mol. The van der Waals surface area contributed by atoms with Gasteiger partial charge in [-0.05, 0) is 55.8 Å². The van der Waals surface area contributed by atoms with E-state index in [0.29, 0.717) is 18.9 Å². The topological polar surface area (TPSA) is 101 Å². The highest BCUT2D eigenvalue weighted by molar-refractivity contribution is 5.91. The van der Waals surface area contributed by atoms with Crippen LogP contribution in [0.25, 0.3) is 0 Å². The van der Waals surface area contributed by atoms with Crippen molar-refractivity contribution in [3.63, 3.8) is 0 Å². The van der Waals surface area contributed by atoms with Crippen LogP contribution in [0.2, 0.25) is 0 Å². The summed E-state index contributed by atoms with van der Waals surface area (Å²) in [7, 11) is 0. The quantitative estimate of drug-likeness (QED) is 0.662. The van der Waals surface area contributed by atoms with Gasteiger partial charge in [0, 0.05) is 24.7 Å². The Labute approximate surface area is 173 Å². The van der Waals surface area contributed by atoms with Crippen LogP contribution >= 0.6 is 24.8 Å². The van der Waals surface area contributed by atoms with Gasteiger partial charge in [-0.1, -0.05) is 18.6 Å². The Morgan fingerprint density at radius 2 is 1.93 bits per heavy atom. The number of nitrogens with two attached hydrogens (primary N) is 2. The normalized spacial score (nSPS) is 24.7. The standard InChI is InChI=1S/C19H28N4O2.2ClH/c20-16-7-2-5-14(16)11-18(24)22-15-6-1-4-13(10-15)12-23-9-3-8-17(23)19(21)25;;/h1,4,6,10,14,16-17H,2-3,5,7-9,11-12,20H2,(H2,21,25)(H,22,24);2*1H/t14-,16+,17?;;/m0../s1. The number of nitrogens with zero attached hydrogens (tertiary/aromatic N) is 1. The van der Waals surface area contributed by atoms with Gasteiger partial charge in [0.25, 0.3) is 0 Å². The van der Waals surface area contributed by atoms with E-state index in [-0.39, 0.29) is 48.7 Å². The minimum absolute atomic E-state index is 0. The van der Waals surface area contributed by atoms with Gasteiger partial charge >= 0.3 is 0 Å². The van der Waals surface area contributed by atoms with Crippen LogP contribution in [-0.2, 0) is 16.1 Å². The molecule has 1 aromatic rings. The first kappa shape index (κ1) is 23.7. The van der Waals surface area contributed by atoms with Crippen LogP contribution in [0.3, 0.4) is 0 Å². The van der Waals surface area contributed by atoms with Crippen molar-refractivity contribution < 1.29 is 9.59 Å². The number of halogens is 2. The highest BCUT2D eigenvalue weighted by Gasteiger charge is 2.29. The van der Waals surface area contributed by atoms with E-state index in [4.69, 9.17) is 11.5 Å². The first-order valence-corrected chi connectivity index (χ1v) is 9.20. The first-order valence-electron chi connectivity index (χ1n) is 9.20. The Hall–Kier alpha value is -1.34. The molecule has 2 fully saturated rings. The van der Waals surface area contributed by atoms with Crippen molar-refractivity contribution in [1.82, 2.24) is 4.90 Å². The number of carbonyl (C=O) groups is 2. The van der Waals surface area contributed by atoms with Crippen molar-refractivity contribution in [3.05, 3.63) is 29.8 Å². The number of anilines is 1. The summed E-state index contributed by atoms with van der Waals surface area (Å²) in [6.45, 7) is 1.55. The lowest BCUT2D eigenvalue weighted by Crippen LogP contribution is -2.39. The molecule has 2 amide bonds. The highest BCUT2D eigenvalue weighted by atomic mass is 35.5. The van der Waals surface area contributed by atoms with E-state index in [0.717, 1.165) is 49.9 Å². The molecule has 0 radical (unpaired) electrons. The van der Waals surface area contributed by atoms with E-state index in [1.807, 2.05) is 24.3 Å². The Kier molecular flexibility index (Phi) is 9.53. The highest BCUT2D eigenvalue weighted by Crippen LogP contribution is 2.27. The van der Waals surface area contributed by atoms with E-state index in [1.54, 1.807) is 0 Å². The Balaban J connectivity index is 0.00000182. The van der Waals surface area contributed by atoms with Crippen LogP contribution in [0.15, 0.2) is 24.3 Å². The lowest BCUT2D eigenvalue weighted by Gasteiger charge is -2.22. The molecule has 1 aromatic carbocycles. The Morgan fingerprint density at radius 3 is 2.59 bits per heavy atom. The molecule has 152 valence electrons. The number of primary amides is 1. The van der Waals surface area contributed by atoms with Crippen molar-refractivity contribution in [3.8, 4) is 0 Å². The summed E-state index contributed by atoms with van der Waals surface area (Å²) < 4.78 is 0. The number of nitrogens with one attached hydrogen (secondary N) is 1. The van der Waals surface area contributed by atoms with E-state index in [2.05, 4.69) is 10.2 Å². The van der Waals surface area contributed by atoms with Crippen molar-refractivity contribution in [1.29, 1.82) is 0 Å². The van der Waals surface area contributed by atoms with E-state index in [9.17, 15) is 9.59 Å². The maximum Gasteiger partial charge on any atom is 0.234 e. The van der Waals surface area contributed by atoms with Crippen LogP contribution in [0.1, 0.15) is 44.1 Å². The monoisotopic (exact) mass is 416 g/mol. The third kappa shape index (κ3) is 6.35. The molecule has 1 aliphatic carbocycles. The van der Waals surface area contributed by atoms with Crippen molar-refractivity contribution in [2.45, 2.75) is 57.2 Å². The zero-order valence-corrected chi connectivity index (χ0v) is 17.1. The molecule has 3 rings (SSSR count). The molecule has 6 nitrogen and oxygen atoms in total. The first-order chi connectivity index (χ1) is 12.0. The van der Waals surface area contributed by atoms with Crippen molar-refractivity contribution in [2.75, 3.05) is 11.9 Å². The van der Waals surface area contributed by atoms with Crippen LogP contribution in [0.5, 0.6) is 0 Å². The van der Waals surface area contributed by atoms with Crippen LogP contribution in [-0.4, -0.2) is 35.3 Å². The molecule has 0 bridgehead atoms. The van der Waals surface area contributed by atoms with Gasteiger partial charge in [-0.2, -0.15) is 0 Å². The summed E-state index contributed by atoms with van der Waals surface area (Å²) in [5, 5.41) is 2.98. The molecule has 8 heteroatoms. The van der Waals surface area contributed by atoms with Gasteiger partial charge in [-0.25, -0.2) is 0 Å². The smallest absolute Gasteiger partial charge is 0.234 e. The molecule has 0 spiro atoms. The Bertz CT molecular complexity index is 644. The zero-order valence-electron chi connectivity index (χ0n) is 15.4. The van der Waals surface area contributed by atoms with Crippen LogP contribution < -0.4 is 16.8 Å². The second-order valence-corrected chi connectivity index (χ2v) is 7.34. The maximum atomic E-state index is 12.3. The molecule has 0 aromatic heterocycles. The molecule has 1 saturated heterocycles. The van der Waals surface area contributed by atoms with Gasteiger partial charge in [-0.15, -0.1) is 24.8 Å². The minimum atomic E-state index is -0.255. The van der Waals surface area contributed by atoms with Gasteiger partial charge in [0.15, 0.2) is 0 Å². The van der Waals surface area contributed by atoms with Gasteiger partial charge in [-0.3, -0.25) is 14.5 Å². The zero-order chi connectivity index (χ0) is 17.8. The third-order valence-electron chi connectivity index (χ3n) is 5.45. The molecular formula is C19H30Cl2N4O2. The van der Waals surface area contributed by atoms with Gasteiger partial charge in [0.05, 0.1) is 6.04 Å². The molecule has 5 N–H and O–H groups in total. The summed E-state index contributed by atoms with van der Waals surface area (Å²) in [5.41, 5.74) is 13.4. The number of rotatable bonds is 6. The summed E-state index contributed by atoms with van der Waals surface area (Å²) in [6.07, 6.45) is 5.48. The second kappa shape index (κ2) is 10.9. The maximum absolute atomic E-state index is 12.3. The van der Waals surface area contributed by atoms with Crippen molar-refractivity contribution >= 4 is 42.3 Å². The van der Waals surface area contributed by atoms with Crippen LogP contribution in [0, 0.1) is 5.92 Å². The average Bonchev–Trinajstić information content (AvgIpc) is 3.17. The lowest BCUT2D eigenvalue weighted by molar-refractivity contribution is -0.122. The molecule has 3 atom stereocenters. The van der Waals surface area contributed by atoms with E-state index in [1.165, 1.54) is 0 Å². The Morgan fingerprint density at radius 1 is 1.15 bits per heavy atom. The number of likely N-dealkylation sites (tertiary alicyclic amines) is 1. The molecule has 1 saturated carbocycles. The molecule has 1 heterocycles. The fourth-order valence-electron chi connectivity index (χ4n) is 4.09.